The summed E-state index contributed by atoms with van der Waals surface area (Å²) in [6, 6.07) is -9.29. The van der Waals surface area contributed by atoms with Gasteiger partial charge in [-0.2, -0.15) is 11.8 Å². The lowest BCUT2D eigenvalue weighted by Crippen LogP contribution is -2.60. The van der Waals surface area contributed by atoms with Crippen molar-refractivity contribution in [3.8, 4) is 0 Å². The molecule has 0 spiro atoms. The normalized spacial score (nSPS) is 15.2. The lowest BCUT2D eigenvalue weighted by molar-refractivity contribution is -0.144. The van der Waals surface area contributed by atoms with Crippen LogP contribution < -0.4 is 48.7 Å². The number of hydrogen-bond acceptors (Lipinski definition) is 12. The minimum atomic E-state index is -1.75. The lowest BCUT2D eigenvalue weighted by atomic mass is 9.99. The second-order valence-electron chi connectivity index (χ2n) is 15.2. The van der Waals surface area contributed by atoms with Crippen molar-refractivity contribution in [2.24, 2.45) is 29.2 Å². The molecule has 0 fully saturated rings. The van der Waals surface area contributed by atoms with Crippen molar-refractivity contribution < 1.29 is 58.2 Å². The first-order chi connectivity index (χ1) is 27.4. The Bertz CT molecular complexity index is 1480. The minimum Gasteiger partial charge on any atom is -0.481 e. The average Bonchev–Trinajstić information content (AvgIpc) is 3.13. The highest BCUT2D eigenvalue weighted by atomic mass is 32.2. The first-order valence-corrected chi connectivity index (χ1v) is 20.9. The first kappa shape index (κ1) is 54.0. The van der Waals surface area contributed by atoms with Crippen LogP contribution in [0.5, 0.6) is 0 Å². The van der Waals surface area contributed by atoms with E-state index < -0.39 is 120 Å². The average molecular weight is 860 g/mol. The Balaban J connectivity index is 6.16. The number of carbonyl (C=O) groups excluding carboxylic acids is 8. The van der Waals surface area contributed by atoms with Crippen LogP contribution in [0, 0.1) is 17.8 Å². The van der Waals surface area contributed by atoms with Gasteiger partial charge in [-0.3, -0.25) is 43.2 Å². The molecule has 13 N–H and O–H groups in total. The van der Waals surface area contributed by atoms with Crippen molar-refractivity contribution in [1.82, 2.24) is 37.2 Å². The molecule has 21 nitrogen and oxygen atoms in total. The molecule has 0 aliphatic rings. The van der Waals surface area contributed by atoms with E-state index in [1.807, 2.05) is 13.8 Å². The number of amides is 8. The number of nitrogens with one attached hydrogen (secondary N) is 7. The highest BCUT2D eigenvalue weighted by molar-refractivity contribution is 7.98. The number of hydrogen-bond donors (Lipinski definition) is 11. The van der Waals surface area contributed by atoms with Gasteiger partial charge in [0.25, 0.3) is 0 Å². The van der Waals surface area contributed by atoms with Crippen molar-refractivity contribution in [3.63, 3.8) is 0 Å². The Kier molecular flexibility index (Phi) is 25.3. The van der Waals surface area contributed by atoms with E-state index in [0.29, 0.717) is 12.8 Å². The molecule has 0 aromatic carbocycles. The molecule has 8 atom stereocenters. The zero-order valence-corrected chi connectivity index (χ0v) is 36.0. The number of rotatable bonds is 29. The maximum absolute atomic E-state index is 13.7. The van der Waals surface area contributed by atoms with Crippen LogP contribution in [-0.4, -0.2) is 130 Å². The summed E-state index contributed by atoms with van der Waals surface area (Å²) in [4.78, 5) is 127. The van der Waals surface area contributed by atoms with Crippen LogP contribution in [0.15, 0.2) is 0 Å². The molecule has 0 rings (SSSR count). The van der Waals surface area contributed by atoms with Crippen molar-refractivity contribution >= 4 is 71.0 Å². The van der Waals surface area contributed by atoms with Gasteiger partial charge in [-0.15, -0.1) is 0 Å². The maximum Gasteiger partial charge on any atom is 0.326 e. The number of carboxylic acids is 2. The van der Waals surface area contributed by atoms with Crippen LogP contribution in [0.1, 0.15) is 93.4 Å². The zero-order chi connectivity index (χ0) is 45.6. The fourth-order valence-corrected chi connectivity index (χ4v) is 5.93. The first-order valence-electron chi connectivity index (χ1n) is 19.5. The highest BCUT2D eigenvalue weighted by Gasteiger charge is 2.34. The van der Waals surface area contributed by atoms with Gasteiger partial charge in [0.05, 0.1) is 19.0 Å². The van der Waals surface area contributed by atoms with Gasteiger partial charge in [-0.25, -0.2) is 4.79 Å². The molecule has 0 aromatic heterocycles. The summed E-state index contributed by atoms with van der Waals surface area (Å²) in [5.41, 5.74) is 11.2. The van der Waals surface area contributed by atoms with Crippen molar-refractivity contribution in [2.45, 2.75) is 136 Å². The number of thioether (sulfide) groups is 1. The third-order valence-electron chi connectivity index (χ3n) is 8.94. The molecule has 22 heteroatoms. The molecule has 0 saturated heterocycles. The van der Waals surface area contributed by atoms with Crippen molar-refractivity contribution in [1.29, 1.82) is 0 Å². The summed E-state index contributed by atoms with van der Waals surface area (Å²) in [6.07, 6.45) is 0.951. The smallest absolute Gasteiger partial charge is 0.326 e. The Labute approximate surface area is 349 Å². The third-order valence-corrected chi connectivity index (χ3v) is 9.58. The van der Waals surface area contributed by atoms with Gasteiger partial charge in [-0.1, -0.05) is 48.0 Å². The van der Waals surface area contributed by atoms with Gasteiger partial charge in [0, 0.05) is 6.42 Å². The van der Waals surface area contributed by atoms with E-state index in [4.69, 9.17) is 11.5 Å². The Morgan fingerprint density at radius 3 is 1.61 bits per heavy atom. The van der Waals surface area contributed by atoms with Gasteiger partial charge in [0.2, 0.25) is 47.3 Å². The molecule has 0 aliphatic carbocycles. The summed E-state index contributed by atoms with van der Waals surface area (Å²) in [5, 5.41) is 35.9. The van der Waals surface area contributed by atoms with E-state index in [-0.39, 0.29) is 43.3 Å². The van der Waals surface area contributed by atoms with Gasteiger partial charge in [0.1, 0.15) is 36.3 Å². The largest absolute Gasteiger partial charge is 0.481 e. The fourth-order valence-electron chi connectivity index (χ4n) is 5.46. The Morgan fingerprint density at radius 1 is 0.627 bits per heavy atom. The van der Waals surface area contributed by atoms with Gasteiger partial charge in [0.15, 0.2) is 0 Å². The predicted octanol–water partition coefficient (Wildman–Crippen LogP) is -1.93. The molecule has 8 amide bonds. The number of carboxylic acid groups (broad SMARTS) is 2. The zero-order valence-electron chi connectivity index (χ0n) is 35.2. The van der Waals surface area contributed by atoms with Crippen LogP contribution in [0.3, 0.4) is 0 Å². The standard InChI is InChI=1S/C37H65N9O12S/c1-9-20(6)30(37(57)58)46-31(51)21(7)41-35(55)26(16-29(49)50)45-34(54)24(12-13-59-8)44-33(53)23(10-11-27(39)47)43-36(56)25(15-19(4)5)42-28(48)17-40-32(52)22(38)14-18(2)3/h18-26,30H,9-17,38H2,1-8H3,(H2,39,47)(H,40,52)(H,41,55)(H,42,48)(H,43,56)(H,44,53)(H,45,54)(H,46,51)(H,49,50)(H,57,58)/t20-,21-,22-,23-,24-,25-,26-,30-/m0/s1. The number of primary amides is 1. The fraction of sp³-hybridized carbons (Fsp3) is 0.730. The van der Waals surface area contributed by atoms with Gasteiger partial charge in [-0.05, 0) is 62.4 Å². The summed E-state index contributed by atoms with van der Waals surface area (Å²) in [7, 11) is 0. The number of carbonyl (C=O) groups is 10. The quantitative estimate of drug-likeness (QED) is 0.0391. The maximum atomic E-state index is 13.7. The van der Waals surface area contributed by atoms with E-state index in [9.17, 15) is 58.2 Å². The topological polar surface area (TPSA) is 347 Å². The number of aliphatic carboxylic acids is 2. The minimum absolute atomic E-state index is 0.0415. The van der Waals surface area contributed by atoms with E-state index >= 15 is 0 Å². The molecule has 0 bridgehead atoms. The summed E-state index contributed by atoms with van der Waals surface area (Å²) in [6.45, 7) is 11.4. The third kappa shape index (κ3) is 22.1. The van der Waals surface area contributed by atoms with E-state index in [1.165, 1.54) is 18.7 Å². The van der Waals surface area contributed by atoms with E-state index in [1.54, 1.807) is 34.0 Å². The SMILES string of the molecule is CC[C@H](C)[C@H](NC(=O)[C@H](C)NC(=O)[C@H](CC(=O)O)NC(=O)[C@H](CCSC)NC(=O)[C@H](CCC(N)=O)NC(=O)[C@H](CC(C)C)NC(=O)CNC(=O)[C@@H](N)CC(C)C)C(=O)O. The summed E-state index contributed by atoms with van der Waals surface area (Å²) >= 11 is 1.29. The van der Waals surface area contributed by atoms with Gasteiger partial charge >= 0.3 is 11.9 Å². The molecule has 59 heavy (non-hydrogen) atoms. The molecule has 0 radical (unpaired) electrons. The lowest BCUT2D eigenvalue weighted by Gasteiger charge is -2.27. The van der Waals surface area contributed by atoms with E-state index in [0.717, 1.165) is 0 Å². The molecule has 0 aliphatic heterocycles. The second-order valence-corrected chi connectivity index (χ2v) is 16.2. The molecule has 0 heterocycles. The molecule has 0 saturated carbocycles. The second kappa shape index (κ2) is 27.7. The molecule has 336 valence electrons. The predicted molar refractivity (Wildman–Crippen MR) is 218 cm³/mol. The number of nitrogens with two attached hydrogens (primary N) is 2. The van der Waals surface area contributed by atoms with E-state index in [2.05, 4.69) is 37.2 Å². The molecule has 0 unspecified atom stereocenters. The molecular weight excluding hydrogens is 795 g/mol. The van der Waals surface area contributed by atoms with Crippen LogP contribution in [0.2, 0.25) is 0 Å². The Hall–Kier alpha value is -4.99. The van der Waals surface area contributed by atoms with Crippen molar-refractivity contribution in [3.05, 3.63) is 0 Å². The van der Waals surface area contributed by atoms with Crippen LogP contribution in [0.4, 0.5) is 0 Å². The molecule has 0 aromatic rings. The van der Waals surface area contributed by atoms with Gasteiger partial charge < -0.3 is 58.9 Å². The van der Waals surface area contributed by atoms with Crippen LogP contribution in [0.25, 0.3) is 0 Å². The van der Waals surface area contributed by atoms with Crippen molar-refractivity contribution in [2.75, 3.05) is 18.6 Å². The summed E-state index contributed by atoms with van der Waals surface area (Å²) in [5.74, 6) is -9.76. The summed E-state index contributed by atoms with van der Waals surface area (Å²) < 4.78 is 0. The van der Waals surface area contributed by atoms with Crippen LogP contribution in [-0.2, 0) is 47.9 Å². The highest BCUT2D eigenvalue weighted by Crippen LogP contribution is 2.11. The Morgan fingerprint density at radius 2 is 1.14 bits per heavy atom. The monoisotopic (exact) mass is 859 g/mol. The van der Waals surface area contributed by atoms with Crippen LogP contribution >= 0.6 is 11.8 Å². The molecular formula is C37H65N9O12S.